The minimum absolute atomic E-state index is 0.517. The first kappa shape index (κ1) is 11.9. The summed E-state index contributed by atoms with van der Waals surface area (Å²) in [5.74, 6) is 1.76. The van der Waals surface area contributed by atoms with E-state index >= 15 is 0 Å². The Balaban J connectivity index is 1.97. The first-order chi connectivity index (χ1) is 8.31. The van der Waals surface area contributed by atoms with E-state index in [0.717, 1.165) is 36.5 Å². The molecule has 90 valence electrons. The monoisotopic (exact) mass is 251 g/mol. The molecular weight excluding hydrogens is 238 g/mol. The summed E-state index contributed by atoms with van der Waals surface area (Å²) in [6.45, 7) is 2.79. The van der Waals surface area contributed by atoms with Crippen molar-refractivity contribution >= 4 is 17.4 Å². The summed E-state index contributed by atoms with van der Waals surface area (Å²) in [6, 6.07) is 3.84. The van der Waals surface area contributed by atoms with E-state index < -0.39 is 0 Å². The standard InChI is InChI=1S/C12H14ClN3O/c1-2-10-11(13)15-8-16-12(10)14-6-5-9-4-3-7-17-9/h3-4,7-8H,2,5-6H2,1H3,(H,14,15,16). The highest BCUT2D eigenvalue weighted by Crippen LogP contribution is 2.19. The van der Waals surface area contributed by atoms with Gasteiger partial charge in [-0.05, 0) is 18.6 Å². The van der Waals surface area contributed by atoms with Crippen LogP contribution in [-0.2, 0) is 12.8 Å². The first-order valence-electron chi connectivity index (χ1n) is 5.57. The molecule has 0 aliphatic heterocycles. The quantitative estimate of drug-likeness (QED) is 0.830. The fraction of sp³-hybridized carbons (Fsp3) is 0.333. The highest BCUT2D eigenvalue weighted by Gasteiger charge is 2.07. The van der Waals surface area contributed by atoms with Gasteiger partial charge in [0.25, 0.3) is 0 Å². The van der Waals surface area contributed by atoms with Gasteiger partial charge in [0.2, 0.25) is 0 Å². The molecule has 2 rings (SSSR count). The number of nitrogens with one attached hydrogen (secondary N) is 1. The summed E-state index contributed by atoms with van der Waals surface area (Å²) in [5, 5.41) is 3.76. The largest absolute Gasteiger partial charge is 0.469 e. The van der Waals surface area contributed by atoms with Gasteiger partial charge in [-0.3, -0.25) is 0 Å². The summed E-state index contributed by atoms with van der Waals surface area (Å²) in [6.07, 6.45) is 4.77. The van der Waals surface area contributed by atoms with Crippen molar-refractivity contribution in [2.45, 2.75) is 19.8 Å². The highest BCUT2D eigenvalue weighted by molar-refractivity contribution is 6.30. The predicted octanol–water partition coefficient (Wildman–Crippen LogP) is 2.94. The molecule has 0 aliphatic rings. The Hall–Kier alpha value is -1.55. The van der Waals surface area contributed by atoms with Crippen LogP contribution in [0.1, 0.15) is 18.2 Å². The summed E-state index contributed by atoms with van der Waals surface area (Å²) in [5.41, 5.74) is 0.952. The molecule has 0 bridgehead atoms. The molecule has 0 amide bonds. The maximum Gasteiger partial charge on any atom is 0.137 e. The van der Waals surface area contributed by atoms with Crippen molar-refractivity contribution < 1.29 is 4.42 Å². The van der Waals surface area contributed by atoms with E-state index in [9.17, 15) is 0 Å². The van der Waals surface area contributed by atoms with Crippen LogP contribution in [0.15, 0.2) is 29.1 Å². The molecule has 1 N–H and O–H groups in total. The Labute approximate surface area is 105 Å². The van der Waals surface area contributed by atoms with Crippen LogP contribution >= 0.6 is 11.6 Å². The summed E-state index contributed by atoms with van der Waals surface area (Å²) in [4.78, 5) is 8.16. The molecule has 0 saturated carbocycles. The van der Waals surface area contributed by atoms with Gasteiger partial charge in [-0.15, -0.1) is 0 Å². The van der Waals surface area contributed by atoms with Crippen molar-refractivity contribution in [2.75, 3.05) is 11.9 Å². The Morgan fingerprint density at radius 2 is 2.29 bits per heavy atom. The van der Waals surface area contributed by atoms with Gasteiger partial charge in [0.1, 0.15) is 23.1 Å². The lowest BCUT2D eigenvalue weighted by Crippen LogP contribution is -2.09. The molecule has 2 aromatic heterocycles. The molecule has 0 radical (unpaired) electrons. The smallest absolute Gasteiger partial charge is 0.137 e. The predicted molar refractivity (Wildman–Crippen MR) is 67.3 cm³/mol. The third-order valence-corrected chi connectivity index (χ3v) is 2.82. The Kier molecular flexibility index (Phi) is 3.98. The Bertz CT molecular complexity index is 471. The van der Waals surface area contributed by atoms with Crippen LogP contribution < -0.4 is 5.32 Å². The molecule has 0 unspecified atom stereocenters. The van der Waals surface area contributed by atoms with Gasteiger partial charge >= 0.3 is 0 Å². The fourth-order valence-electron chi connectivity index (χ4n) is 1.62. The molecular formula is C12H14ClN3O. The van der Waals surface area contributed by atoms with Crippen LogP contribution in [0, 0.1) is 0 Å². The summed E-state index contributed by atoms with van der Waals surface area (Å²) < 4.78 is 5.25. The molecule has 0 spiro atoms. The van der Waals surface area contributed by atoms with E-state index in [-0.39, 0.29) is 0 Å². The molecule has 0 atom stereocenters. The average Bonchev–Trinajstić information content (AvgIpc) is 2.82. The van der Waals surface area contributed by atoms with Crippen LogP contribution in [0.25, 0.3) is 0 Å². The second-order valence-electron chi connectivity index (χ2n) is 3.60. The summed E-state index contributed by atoms with van der Waals surface area (Å²) in [7, 11) is 0. The van der Waals surface area contributed by atoms with Gasteiger partial charge in [0.05, 0.1) is 6.26 Å². The second-order valence-corrected chi connectivity index (χ2v) is 3.96. The number of aromatic nitrogens is 2. The van der Waals surface area contributed by atoms with Crippen LogP contribution in [-0.4, -0.2) is 16.5 Å². The number of rotatable bonds is 5. The molecule has 17 heavy (non-hydrogen) atoms. The zero-order valence-electron chi connectivity index (χ0n) is 9.61. The van der Waals surface area contributed by atoms with Crippen LogP contribution in [0.3, 0.4) is 0 Å². The minimum atomic E-state index is 0.517. The van der Waals surface area contributed by atoms with Crippen molar-refractivity contribution in [2.24, 2.45) is 0 Å². The van der Waals surface area contributed by atoms with E-state index in [1.165, 1.54) is 6.33 Å². The molecule has 2 heterocycles. The van der Waals surface area contributed by atoms with Crippen molar-refractivity contribution in [3.8, 4) is 0 Å². The van der Waals surface area contributed by atoms with Gasteiger partial charge in [-0.1, -0.05) is 18.5 Å². The van der Waals surface area contributed by atoms with E-state index in [1.807, 2.05) is 19.1 Å². The zero-order chi connectivity index (χ0) is 12.1. The zero-order valence-corrected chi connectivity index (χ0v) is 10.4. The fourth-order valence-corrected chi connectivity index (χ4v) is 1.88. The number of anilines is 1. The van der Waals surface area contributed by atoms with Crippen molar-refractivity contribution in [3.63, 3.8) is 0 Å². The molecule has 0 aliphatic carbocycles. The van der Waals surface area contributed by atoms with E-state index in [1.54, 1.807) is 6.26 Å². The SMILES string of the molecule is CCc1c(Cl)ncnc1NCCc1ccco1. The van der Waals surface area contributed by atoms with Crippen LogP contribution in [0.2, 0.25) is 5.15 Å². The van der Waals surface area contributed by atoms with Crippen molar-refractivity contribution in [1.82, 2.24) is 9.97 Å². The van der Waals surface area contributed by atoms with E-state index in [4.69, 9.17) is 16.0 Å². The molecule has 4 nitrogen and oxygen atoms in total. The van der Waals surface area contributed by atoms with Gasteiger partial charge in [-0.2, -0.15) is 0 Å². The normalized spacial score (nSPS) is 10.5. The maximum atomic E-state index is 6.00. The molecule has 2 aromatic rings. The third-order valence-electron chi connectivity index (χ3n) is 2.49. The summed E-state index contributed by atoms with van der Waals surface area (Å²) >= 11 is 6.00. The molecule has 5 heteroatoms. The van der Waals surface area contributed by atoms with Gasteiger partial charge in [-0.25, -0.2) is 9.97 Å². The van der Waals surface area contributed by atoms with Gasteiger partial charge < -0.3 is 9.73 Å². The first-order valence-corrected chi connectivity index (χ1v) is 5.94. The third kappa shape index (κ3) is 2.97. The topological polar surface area (TPSA) is 51.0 Å². The highest BCUT2D eigenvalue weighted by atomic mass is 35.5. The minimum Gasteiger partial charge on any atom is -0.469 e. The average molecular weight is 252 g/mol. The molecule has 0 fully saturated rings. The van der Waals surface area contributed by atoms with Crippen LogP contribution in [0.5, 0.6) is 0 Å². The Morgan fingerprint density at radius 1 is 1.41 bits per heavy atom. The van der Waals surface area contributed by atoms with Gasteiger partial charge in [0.15, 0.2) is 0 Å². The lowest BCUT2D eigenvalue weighted by atomic mass is 10.2. The number of halogens is 1. The van der Waals surface area contributed by atoms with Gasteiger partial charge in [0, 0.05) is 18.5 Å². The number of furan rings is 1. The lowest BCUT2D eigenvalue weighted by Gasteiger charge is -2.09. The second kappa shape index (κ2) is 5.68. The lowest BCUT2D eigenvalue weighted by molar-refractivity contribution is 0.513. The number of nitrogens with zero attached hydrogens (tertiary/aromatic N) is 2. The van der Waals surface area contributed by atoms with E-state index in [2.05, 4.69) is 15.3 Å². The number of hydrogen-bond acceptors (Lipinski definition) is 4. The van der Waals surface area contributed by atoms with Crippen molar-refractivity contribution in [3.05, 3.63) is 41.2 Å². The Morgan fingerprint density at radius 3 is 3.00 bits per heavy atom. The molecule has 0 saturated heterocycles. The molecule has 0 aromatic carbocycles. The van der Waals surface area contributed by atoms with Crippen LogP contribution in [0.4, 0.5) is 5.82 Å². The number of hydrogen-bond donors (Lipinski definition) is 1. The van der Waals surface area contributed by atoms with E-state index in [0.29, 0.717) is 5.15 Å². The van der Waals surface area contributed by atoms with Crippen molar-refractivity contribution in [1.29, 1.82) is 0 Å². The maximum absolute atomic E-state index is 6.00.